The quantitative estimate of drug-likeness (QED) is 0.654. The Morgan fingerprint density at radius 1 is 1.50 bits per heavy atom. The minimum Gasteiger partial charge on any atom is -0.388 e. The fourth-order valence-corrected chi connectivity index (χ4v) is 1.01. The van der Waals surface area contributed by atoms with Gasteiger partial charge in [0.15, 0.2) is 0 Å². The number of hydrogen-bond donors (Lipinski definition) is 1. The van der Waals surface area contributed by atoms with Crippen LogP contribution in [0.4, 0.5) is 5.69 Å². The maximum absolute atomic E-state index is 3.61. The second-order valence-electron chi connectivity index (χ2n) is 2.63. The summed E-state index contributed by atoms with van der Waals surface area (Å²) in [5, 5.41) is 3.08. The number of allylic oxidation sites excluding steroid dienone is 1. The zero-order valence-electron chi connectivity index (χ0n) is 7.52. The molecular weight excluding hydrogens is 146 g/mol. The van der Waals surface area contributed by atoms with E-state index in [2.05, 4.69) is 23.7 Å². The van der Waals surface area contributed by atoms with Crippen LogP contribution in [0.3, 0.4) is 0 Å². The molecule has 0 saturated carbocycles. The molecule has 0 saturated heterocycles. The minimum absolute atomic E-state index is 1.08. The molecule has 0 aliphatic rings. The van der Waals surface area contributed by atoms with Crippen LogP contribution in [0, 0.1) is 0 Å². The lowest BCUT2D eigenvalue weighted by molar-refractivity contribution is 1.48. The highest BCUT2D eigenvalue weighted by molar-refractivity contribution is 5.66. The summed E-state index contributed by atoms with van der Waals surface area (Å²) in [5.74, 6) is 0. The first kappa shape index (κ1) is 8.63. The van der Waals surface area contributed by atoms with Gasteiger partial charge in [0, 0.05) is 12.7 Å². The maximum Gasteiger partial charge on any atom is 0.0343 e. The molecule has 0 heterocycles. The minimum atomic E-state index is 1.08. The third kappa shape index (κ3) is 1.77. The van der Waals surface area contributed by atoms with E-state index in [9.17, 15) is 0 Å². The Labute approximate surface area is 73.4 Å². The molecule has 0 spiro atoms. The smallest absolute Gasteiger partial charge is 0.0343 e. The van der Waals surface area contributed by atoms with Crippen molar-refractivity contribution in [3.63, 3.8) is 0 Å². The lowest BCUT2D eigenvalue weighted by atomic mass is 10.1. The number of rotatable bonds is 2. The molecule has 0 aliphatic carbocycles. The summed E-state index contributed by atoms with van der Waals surface area (Å²) < 4.78 is 0. The molecule has 0 atom stereocenters. The molecule has 0 aliphatic heterocycles. The van der Waals surface area contributed by atoms with Crippen LogP contribution in [0.2, 0.25) is 0 Å². The fraction of sp³-hybridized carbons (Fsp3) is 0.182. The van der Waals surface area contributed by atoms with Crippen LogP contribution in [0.15, 0.2) is 36.6 Å². The van der Waals surface area contributed by atoms with E-state index in [-0.39, 0.29) is 0 Å². The summed E-state index contributed by atoms with van der Waals surface area (Å²) in [6.07, 6.45) is 0. The van der Waals surface area contributed by atoms with E-state index in [4.69, 9.17) is 0 Å². The lowest BCUT2D eigenvalue weighted by Crippen LogP contribution is -1.88. The average molecular weight is 159 g/mol. The van der Waals surface area contributed by atoms with E-state index in [0.29, 0.717) is 0 Å². The SMILES string of the molecule is C=C=C(C)c1cccc(NC)c1. The van der Waals surface area contributed by atoms with Crippen molar-refractivity contribution >= 4 is 11.3 Å². The Morgan fingerprint density at radius 2 is 2.25 bits per heavy atom. The van der Waals surface area contributed by atoms with E-state index >= 15 is 0 Å². The summed E-state index contributed by atoms with van der Waals surface area (Å²) >= 11 is 0. The molecule has 0 radical (unpaired) electrons. The molecular formula is C11H13N. The van der Waals surface area contributed by atoms with Gasteiger partial charge in [-0.15, -0.1) is 5.73 Å². The zero-order valence-corrected chi connectivity index (χ0v) is 7.52. The highest BCUT2D eigenvalue weighted by atomic mass is 14.8. The molecule has 0 aromatic heterocycles. The van der Waals surface area contributed by atoms with Crippen molar-refractivity contribution < 1.29 is 0 Å². The van der Waals surface area contributed by atoms with E-state index < -0.39 is 0 Å². The van der Waals surface area contributed by atoms with Gasteiger partial charge in [-0.05, 0) is 30.2 Å². The van der Waals surface area contributed by atoms with Gasteiger partial charge >= 0.3 is 0 Å². The molecule has 1 aromatic carbocycles. The molecule has 1 heteroatoms. The topological polar surface area (TPSA) is 12.0 Å². The van der Waals surface area contributed by atoms with Gasteiger partial charge in [-0.1, -0.05) is 18.7 Å². The van der Waals surface area contributed by atoms with Crippen molar-refractivity contribution in [3.8, 4) is 0 Å². The third-order valence-corrected chi connectivity index (χ3v) is 1.85. The van der Waals surface area contributed by atoms with Crippen molar-refractivity contribution in [2.24, 2.45) is 0 Å². The first-order chi connectivity index (χ1) is 5.77. The fourth-order valence-electron chi connectivity index (χ4n) is 1.01. The van der Waals surface area contributed by atoms with E-state index in [1.807, 2.05) is 32.2 Å². The number of benzene rings is 1. The molecule has 0 amide bonds. The first-order valence-corrected chi connectivity index (χ1v) is 3.92. The largest absolute Gasteiger partial charge is 0.388 e. The van der Waals surface area contributed by atoms with E-state index in [1.165, 1.54) is 0 Å². The summed E-state index contributed by atoms with van der Waals surface area (Å²) in [4.78, 5) is 0. The van der Waals surface area contributed by atoms with Gasteiger partial charge in [-0.3, -0.25) is 0 Å². The highest BCUT2D eigenvalue weighted by Crippen LogP contribution is 2.16. The van der Waals surface area contributed by atoms with Gasteiger partial charge in [-0.25, -0.2) is 0 Å². The first-order valence-electron chi connectivity index (χ1n) is 3.92. The maximum atomic E-state index is 3.61. The Bertz CT molecular complexity index is 320. The van der Waals surface area contributed by atoms with Crippen LogP contribution in [0.1, 0.15) is 12.5 Å². The highest BCUT2D eigenvalue weighted by Gasteiger charge is 1.94. The third-order valence-electron chi connectivity index (χ3n) is 1.85. The van der Waals surface area contributed by atoms with Gasteiger partial charge < -0.3 is 5.32 Å². The molecule has 1 aromatic rings. The van der Waals surface area contributed by atoms with Gasteiger partial charge in [-0.2, -0.15) is 0 Å². The van der Waals surface area contributed by atoms with Crippen molar-refractivity contribution in [3.05, 3.63) is 42.1 Å². The summed E-state index contributed by atoms with van der Waals surface area (Å²) in [6, 6.07) is 8.17. The van der Waals surface area contributed by atoms with E-state index in [1.54, 1.807) is 0 Å². The van der Waals surface area contributed by atoms with Crippen LogP contribution in [0.5, 0.6) is 0 Å². The summed E-state index contributed by atoms with van der Waals surface area (Å²) in [5.41, 5.74) is 6.22. The second-order valence-corrected chi connectivity index (χ2v) is 2.63. The molecule has 0 bridgehead atoms. The van der Waals surface area contributed by atoms with E-state index in [0.717, 1.165) is 16.8 Å². The number of hydrogen-bond acceptors (Lipinski definition) is 1. The van der Waals surface area contributed by atoms with Crippen LogP contribution >= 0.6 is 0 Å². The molecule has 62 valence electrons. The number of anilines is 1. The zero-order chi connectivity index (χ0) is 8.97. The van der Waals surface area contributed by atoms with Crippen LogP contribution in [-0.2, 0) is 0 Å². The monoisotopic (exact) mass is 159 g/mol. The standard InChI is InChI=1S/C11H13N/c1-4-9(2)10-6-5-7-11(8-10)12-3/h5-8,12H,1H2,2-3H3. The van der Waals surface area contributed by atoms with Gasteiger partial charge in [0.1, 0.15) is 0 Å². The summed E-state index contributed by atoms with van der Waals surface area (Å²) in [7, 11) is 1.91. The Kier molecular flexibility index (Phi) is 2.73. The predicted molar refractivity (Wildman–Crippen MR) is 54.2 cm³/mol. The van der Waals surface area contributed by atoms with Crippen molar-refractivity contribution in [2.45, 2.75) is 6.92 Å². The molecule has 1 nitrogen and oxygen atoms in total. The Morgan fingerprint density at radius 3 is 2.83 bits per heavy atom. The normalized spacial score (nSPS) is 8.83. The van der Waals surface area contributed by atoms with Crippen LogP contribution in [-0.4, -0.2) is 7.05 Å². The lowest BCUT2D eigenvalue weighted by Gasteiger charge is -2.02. The predicted octanol–water partition coefficient (Wildman–Crippen LogP) is 2.92. The molecule has 0 fully saturated rings. The summed E-state index contributed by atoms with van der Waals surface area (Å²) in [6.45, 7) is 5.61. The number of nitrogens with one attached hydrogen (secondary N) is 1. The second kappa shape index (κ2) is 3.80. The Balaban J connectivity index is 3.10. The van der Waals surface area contributed by atoms with Crippen LogP contribution in [0.25, 0.3) is 5.57 Å². The molecule has 12 heavy (non-hydrogen) atoms. The van der Waals surface area contributed by atoms with Crippen LogP contribution < -0.4 is 5.32 Å². The average Bonchev–Trinajstić information content (AvgIpc) is 2.17. The molecule has 1 N–H and O–H groups in total. The van der Waals surface area contributed by atoms with Crippen molar-refractivity contribution in [1.82, 2.24) is 0 Å². The Hall–Kier alpha value is -1.46. The van der Waals surface area contributed by atoms with Gasteiger partial charge in [0.25, 0.3) is 0 Å². The molecule has 1 rings (SSSR count). The van der Waals surface area contributed by atoms with Crippen molar-refractivity contribution in [2.75, 3.05) is 12.4 Å². The van der Waals surface area contributed by atoms with Gasteiger partial charge in [0.05, 0.1) is 0 Å². The molecule has 0 unspecified atom stereocenters. The van der Waals surface area contributed by atoms with Crippen molar-refractivity contribution in [1.29, 1.82) is 0 Å². The van der Waals surface area contributed by atoms with Gasteiger partial charge in [0.2, 0.25) is 0 Å².